The standard InChI is InChI=1S/C20H29FN6/c1-2-3-10-23-20-26-13-17(18-9-6-15(21)12-24-18)19(27-20)25-11-14-4-7-16(22)8-5-14/h6,9,12-14,16H,2-5,7-8,10-11,22H2,1H3,(H2,23,25,26,27)/t14-,16-. The lowest BCUT2D eigenvalue weighted by atomic mass is 9.86. The molecule has 0 unspecified atom stereocenters. The zero-order valence-electron chi connectivity index (χ0n) is 15.9. The van der Waals surface area contributed by atoms with Crippen molar-refractivity contribution in [2.24, 2.45) is 11.7 Å². The zero-order chi connectivity index (χ0) is 19.1. The fourth-order valence-corrected chi connectivity index (χ4v) is 3.33. The number of halogens is 1. The molecule has 0 spiro atoms. The van der Waals surface area contributed by atoms with Gasteiger partial charge in [0.2, 0.25) is 5.95 Å². The van der Waals surface area contributed by atoms with E-state index in [1.807, 2.05) is 0 Å². The Labute approximate surface area is 160 Å². The van der Waals surface area contributed by atoms with Gasteiger partial charge in [0.05, 0.1) is 17.5 Å². The Morgan fingerprint density at radius 2 is 1.93 bits per heavy atom. The van der Waals surface area contributed by atoms with E-state index in [2.05, 4.69) is 32.5 Å². The van der Waals surface area contributed by atoms with Gasteiger partial charge in [-0.1, -0.05) is 13.3 Å². The third-order valence-corrected chi connectivity index (χ3v) is 5.06. The van der Waals surface area contributed by atoms with Gasteiger partial charge in [-0.15, -0.1) is 0 Å². The normalized spacial score (nSPS) is 19.7. The van der Waals surface area contributed by atoms with Crippen molar-refractivity contribution in [3.8, 4) is 11.3 Å². The molecule has 6 nitrogen and oxygen atoms in total. The number of unbranched alkanes of at least 4 members (excludes halogenated alkanes) is 1. The Morgan fingerprint density at radius 1 is 1.11 bits per heavy atom. The first-order valence-electron chi connectivity index (χ1n) is 9.88. The number of rotatable bonds is 8. The summed E-state index contributed by atoms with van der Waals surface area (Å²) in [5.74, 6) is 1.57. The lowest BCUT2D eigenvalue weighted by Gasteiger charge is -2.26. The fraction of sp³-hybridized carbons (Fsp3) is 0.550. The van der Waals surface area contributed by atoms with E-state index in [9.17, 15) is 4.39 Å². The van der Waals surface area contributed by atoms with Crippen LogP contribution >= 0.6 is 0 Å². The number of anilines is 2. The maximum absolute atomic E-state index is 13.2. The van der Waals surface area contributed by atoms with Crippen LogP contribution in [0.5, 0.6) is 0 Å². The number of hydrogen-bond donors (Lipinski definition) is 3. The molecule has 4 N–H and O–H groups in total. The second kappa shape index (κ2) is 9.60. The largest absolute Gasteiger partial charge is 0.369 e. The lowest BCUT2D eigenvalue weighted by Crippen LogP contribution is -2.29. The Kier molecular flexibility index (Phi) is 6.92. The minimum Gasteiger partial charge on any atom is -0.369 e. The molecule has 0 amide bonds. The number of hydrogen-bond acceptors (Lipinski definition) is 6. The summed E-state index contributed by atoms with van der Waals surface area (Å²) in [5.41, 5.74) is 7.44. The first-order chi connectivity index (χ1) is 13.2. The van der Waals surface area contributed by atoms with Crippen molar-refractivity contribution < 1.29 is 4.39 Å². The number of nitrogens with one attached hydrogen (secondary N) is 2. The topological polar surface area (TPSA) is 88.8 Å². The van der Waals surface area contributed by atoms with Crippen LogP contribution in [0, 0.1) is 11.7 Å². The van der Waals surface area contributed by atoms with Crippen molar-refractivity contribution >= 4 is 11.8 Å². The lowest BCUT2D eigenvalue weighted by molar-refractivity contribution is 0.338. The first-order valence-corrected chi connectivity index (χ1v) is 9.88. The maximum Gasteiger partial charge on any atom is 0.224 e. The van der Waals surface area contributed by atoms with E-state index in [-0.39, 0.29) is 5.82 Å². The predicted molar refractivity (Wildman–Crippen MR) is 107 cm³/mol. The van der Waals surface area contributed by atoms with Crippen molar-refractivity contribution in [1.82, 2.24) is 15.0 Å². The summed E-state index contributed by atoms with van der Waals surface area (Å²) in [7, 11) is 0. The van der Waals surface area contributed by atoms with Crippen LogP contribution < -0.4 is 16.4 Å². The minimum absolute atomic E-state index is 0.341. The molecule has 3 rings (SSSR count). The molecular weight excluding hydrogens is 343 g/mol. The summed E-state index contributed by atoms with van der Waals surface area (Å²) in [6, 6.07) is 3.40. The van der Waals surface area contributed by atoms with E-state index in [0.717, 1.165) is 63.0 Å². The monoisotopic (exact) mass is 372 g/mol. The summed E-state index contributed by atoms with van der Waals surface area (Å²) >= 11 is 0. The van der Waals surface area contributed by atoms with Gasteiger partial charge in [0, 0.05) is 25.3 Å². The molecule has 2 heterocycles. The molecule has 0 atom stereocenters. The Bertz CT molecular complexity index is 713. The summed E-state index contributed by atoms with van der Waals surface area (Å²) < 4.78 is 13.2. The van der Waals surface area contributed by atoms with Crippen LogP contribution in [0.25, 0.3) is 11.3 Å². The number of pyridine rings is 1. The van der Waals surface area contributed by atoms with Crippen molar-refractivity contribution in [3.05, 3.63) is 30.3 Å². The van der Waals surface area contributed by atoms with Crippen molar-refractivity contribution in [2.45, 2.75) is 51.5 Å². The Hall–Kier alpha value is -2.28. The molecule has 0 aromatic carbocycles. The van der Waals surface area contributed by atoms with Crippen LogP contribution in [0.1, 0.15) is 45.4 Å². The highest BCUT2D eigenvalue weighted by atomic mass is 19.1. The smallest absolute Gasteiger partial charge is 0.224 e. The molecule has 2 aromatic rings. The minimum atomic E-state index is -0.356. The van der Waals surface area contributed by atoms with Gasteiger partial charge in [-0.05, 0) is 50.2 Å². The summed E-state index contributed by atoms with van der Waals surface area (Å²) in [6.45, 7) is 3.83. The van der Waals surface area contributed by atoms with Gasteiger partial charge in [0.25, 0.3) is 0 Å². The average molecular weight is 372 g/mol. The summed E-state index contributed by atoms with van der Waals surface area (Å²) in [5, 5.41) is 6.73. The second-order valence-electron chi connectivity index (χ2n) is 7.26. The van der Waals surface area contributed by atoms with E-state index in [1.54, 1.807) is 12.3 Å². The van der Waals surface area contributed by atoms with E-state index >= 15 is 0 Å². The van der Waals surface area contributed by atoms with Gasteiger partial charge in [0.1, 0.15) is 11.6 Å². The molecule has 27 heavy (non-hydrogen) atoms. The van der Waals surface area contributed by atoms with Crippen LogP contribution in [-0.4, -0.2) is 34.1 Å². The van der Waals surface area contributed by atoms with Crippen molar-refractivity contribution in [2.75, 3.05) is 23.7 Å². The van der Waals surface area contributed by atoms with Crippen LogP contribution in [0.15, 0.2) is 24.5 Å². The Morgan fingerprint density at radius 3 is 2.63 bits per heavy atom. The molecule has 146 valence electrons. The SMILES string of the molecule is CCCCNc1ncc(-c2ccc(F)cn2)c(NC[C@H]2CC[C@H](N)CC2)n1. The maximum atomic E-state index is 13.2. The van der Waals surface area contributed by atoms with Gasteiger partial charge in [-0.2, -0.15) is 4.98 Å². The summed E-state index contributed by atoms with van der Waals surface area (Å²) in [6.07, 6.45) is 9.56. The second-order valence-corrected chi connectivity index (χ2v) is 7.26. The van der Waals surface area contributed by atoms with Crippen molar-refractivity contribution in [3.63, 3.8) is 0 Å². The molecule has 0 radical (unpaired) electrons. The fourth-order valence-electron chi connectivity index (χ4n) is 3.33. The Balaban J connectivity index is 1.75. The van der Waals surface area contributed by atoms with Gasteiger partial charge in [-0.25, -0.2) is 9.37 Å². The van der Waals surface area contributed by atoms with E-state index in [1.165, 1.54) is 12.3 Å². The molecule has 1 aliphatic carbocycles. The highest BCUT2D eigenvalue weighted by Crippen LogP contribution is 2.28. The van der Waals surface area contributed by atoms with Crippen molar-refractivity contribution in [1.29, 1.82) is 0 Å². The summed E-state index contributed by atoms with van der Waals surface area (Å²) in [4.78, 5) is 13.2. The van der Waals surface area contributed by atoms with Gasteiger partial charge in [-0.3, -0.25) is 4.98 Å². The first kappa shape index (κ1) is 19.5. The van der Waals surface area contributed by atoms with Crippen LogP contribution in [-0.2, 0) is 0 Å². The highest BCUT2D eigenvalue weighted by molar-refractivity contribution is 5.72. The third kappa shape index (κ3) is 5.60. The number of nitrogens with two attached hydrogens (primary N) is 1. The number of aromatic nitrogens is 3. The van der Waals surface area contributed by atoms with E-state index in [0.29, 0.717) is 23.6 Å². The highest BCUT2D eigenvalue weighted by Gasteiger charge is 2.19. The average Bonchev–Trinajstić information content (AvgIpc) is 2.69. The van der Waals surface area contributed by atoms with Crippen LogP contribution in [0.4, 0.5) is 16.2 Å². The third-order valence-electron chi connectivity index (χ3n) is 5.06. The molecule has 1 saturated carbocycles. The van der Waals surface area contributed by atoms with Crippen LogP contribution in [0.3, 0.4) is 0 Å². The molecule has 2 aromatic heterocycles. The molecule has 1 aliphatic rings. The molecule has 0 bridgehead atoms. The molecule has 0 aliphatic heterocycles. The zero-order valence-corrected chi connectivity index (χ0v) is 15.9. The molecule has 7 heteroatoms. The number of nitrogens with zero attached hydrogens (tertiary/aromatic N) is 3. The van der Waals surface area contributed by atoms with Crippen LogP contribution in [0.2, 0.25) is 0 Å². The quantitative estimate of drug-likeness (QED) is 0.611. The molecular formula is C20H29FN6. The van der Waals surface area contributed by atoms with E-state index in [4.69, 9.17) is 5.73 Å². The van der Waals surface area contributed by atoms with Gasteiger partial charge >= 0.3 is 0 Å². The van der Waals surface area contributed by atoms with Gasteiger partial charge in [0.15, 0.2) is 0 Å². The van der Waals surface area contributed by atoms with E-state index < -0.39 is 0 Å². The molecule has 1 fully saturated rings. The molecule has 0 saturated heterocycles. The predicted octanol–water partition coefficient (Wildman–Crippen LogP) is 3.82. The van der Waals surface area contributed by atoms with Gasteiger partial charge < -0.3 is 16.4 Å².